The van der Waals surface area contributed by atoms with E-state index in [4.69, 9.17) is 0 Å². The highest BCUT2D eigenvalue weighted by Crippen LogP contribution is 2.21. The number of benzene rings is 2. The first-order valence-electron chi connectivity index (χ1n) is 8.11. The van der Waals surface area contributed by atoms with E-state index in [-0.39, 0.29) is 17.4 Å². The van der Waals surface area contributed by atoms with Gasteiger partial charge in [-0.1, -0.05) is 30.3 Å². The predicted octanol–water partition coefficient (Wildman–Crippen LogP) is 2.31. The lowest BCUT2D eigenvalue weighted by atomic mass is 10.1. The number of nitrogens with one attached hydrogen (secondary N) is 1. The summed E-state index contributed by atoms with van der Waals surface area (Å²) in [6.45, 7) is 1.46. The number of halogens is 1. The Hall–Kier alpha value is -2.89. The number of phenolic OH excluding ortho intramolecular Hbond substituents is 1. The van der Waals surface area contributed by atoms with Crippen LogP contribution in [0, 0.1) is 11.7 Å². The minimum absolute atomic E-state index is 0.0164. The summed E-state index contributed by atoms with van der Waals surface area (Å²) in [5.41, 5.74) is 1.09. The number of phenols is 1. The van der Waals surface area contributed by atoms with E-state index in [0.29, 0.717) is 26.1 Å². The van der Waals surface area contributed by atoms with Crippen molar-refractivity contribution in [3.63, 3.8) is 0 Å². The summed E-state index contributed by atoms with van der Waals surface area (Å²) in [4.78, 5) is 26.0. The molecule has 2 aromatic rings. The van der Waals surface area contributed by atoms with E-state index in [2.05, 4.69) is 5.32 Å². The van der Waals surface area contributed by atoms with Gasteiger partial charge in [0, 0.05) is 38.0 Å². The standard InChI is InChI=1S/C19H19FN2O3/c20-15-6-7-16(17(23)9-15)19(25)21-10-14-8-18(24)22(12-14)11-13-4-2-1-3-5-13/h1-7,9,14,23H,8,10-12H2,(H,21,25). The predicted molar refractivity (Wildman–Crippen MR) is 90.4 cm³/mol. The van der Waals surface area contributed by atoms with Gasteiger partial charge in [0.25, 0.3) is 5.91 Å². The fraction of sp³-hybridized carbons (Fsp3) is 0.263. The number of carbonyl (C=O) groups is 2. The van der Waals surface area contributed by atoms with Gasteiger partial charge >= 0.3 is 0 Å². The molecule has 2 aromatic carbocycles. The minimum atomic E-state index is -0.605. The van der Waals surface area contributed by atoms with Crippen LogP contribution in [-0.4, -0.2) is 34.9 Å². The van der Waals surface area contributed by atoms with Crippen LogP contribution < -0.4 is 5.32 Å². The third-order valence-electron chi connectivity index (χ3n) is 4.27. The Balaban J connectivity index is 1.54. The van der Waals surface area contributed by atoms with E-state index in [0.717, 1.165) is 17.7 Å². The molecule has 0 saturated carbocycles. The van der Waals surface area contributed by atoms with Crippen molar-refractivity contribution in [3.05, 3.63) is 65.5 Å². The third-order valence-corrected chi connectivity index (χ3v) is 4.27. The van der Waals surface area contributed by atoms with Crippen LogP contribution in [0.15, 0.2) is 48.5 Å². The zero-order valence-corrected chi connectivity index (χ0v) is 13.6. The summed E-state index contributed by atoms with van der Waals surface area (Å²) < 4.78 is 13.0. The van der Waals surface area contributed by atoms with E-state index in [1.807, 2.05) is 30.3 Å². The largest absolute Gasteiger partial charge is 0.507 e. The number of carbonyl (C=O) groups excluding carboxylic acids is 2. The summed E-state index contributed by atoms with van der Waals surface area (Å²) in [6.07, 6.45) is 0.377. The van der Waals surface area contributed by atoms with Gasteiger partial charge in [-0.15, -0.1) is 0 Å². The van der Waals surface area contributed by atoms with Gasteiger partial charge in [0.15, 0.2) is 0 Å². The second kappa shape index (κ2) is 7.34. The van der Waals surface area contributed by atoms with E-state index in [9.17, 15) is 19.1 Å². The third kappa shape index (κ3) is 4.15. The summed E-state index contributed by atoms with van der Waals surface area (Å²) in [5, 5.41) is 12.3. The molecule has 2 amide bonds. The Kier molecular flexibility index (Phi) is 4.97. The number of amides is 2. The van der Waals surface area contributed by atoms with Crippen molar-refractivity contribution >= 4 is 11.8 Å². The van der Waals surface area contributed by atoms with Gasteiger partial charge in [0.2, 0.25) is 5.91 Å². The Morgan fingerprint density at radius 2 is 2.00 bits per heavy atom. The van der Waals surface area contributed by atoms with Crippen molar-refractivity contribution in [1.82, 2.24) is 10.2 Å². The van der Waals surface area contributed by atoms with Crippen molar-refractivity contribution in [2.45, 2.75) is 13.0 Å². The highest BCUT2D eigenvalue weighted by Gasteiger charge is 2.29. The molecule has 0 spiro atoms. The smallest absolute Gasteiger partial charge is 0.255 e. The molecule has 25 heavy (non-hydrogen) atoms. The molecule has 0 bridgehead atoms. The van der Waals surface area contributed by atoms with Crippen molar-refractivity contribution in [2.75, 3.05) is 13.1 Å². The molecule has 1 aliphatic rings. The van der Waals surface area contributed by atoms with E-state index < -0.39 is 17.5 Å². The van der Waals surface area contributed by atoms with E-state index in [1.165, 1.54) is 6.07 Å². The van der Waals surface area contributed by atoms with E-state index in [1.54, 1.807) is 4.90 Å². The van der Waals surface area contributed by atoms with Gasteiger partial charge in [0.1, 0.15) is 11.6 Å². The zero-order valence-electron chi connectivity index (χ0n) is 13.6. The highest BCUT2D eigenvalue weighted by molar-refractivity contribution is 5.96. The van der Waals surface area contributed by atoms with Crippen molar-refractivity contribution in [3.8, 4) is 5.75 Å². The molecule has 1 atom stereocenters. The zero-order chi connectivity index (χ0) is 17.8. The number of rotatable bonds is 5. The van der Waals surface area contributed by atoms with Gasteiger partial charge in [-0.2, -0.15) is 0 Å². The molecule has 1 saturated heterocycles. The number of hydrogen-bond donors (Lipinski definition) is 2. The van der Waals surface area contributed by atoms with Gasteiger partial charge in [-0.25, -0.2) is 4.39 Å². The first-order valence-corrected chi connectivity index (χ1v) is 8.11. The second-order valence-corrected chi connectivity index (χ2v) is 6.20. The summed E-state index contributed by atoms with van der Waals surface area (Å²) in [5.74, 6) is -1.40. The number of nitrogens with zero attached hydrogens (tertiary/aromatic N) is 1. The highest BCUT2D eigenvalue weighted by atomic mass is 19.1. The van der Waals surface area contributed by atoms with Crippen LogP contribution in [0.5, 0.6) is 5.75 Å². The molecule has 0 aliphatic carbocycles. The second-order valence-electron chi connectivity index (χ2n) is 6.20. The molecular weight excluding hydrogens is 323 g/mol. The quantitative estimate of drug-likeness (QED) is 0.876. The van der Waals surface area contributed by atoms with Crippen LogP contribution in [0.25, 0.3) is 0 Å². The van der Waals surface area contributed by atoms with Gasteiger partial charge < -0.3 is 15.3 Å². The summed E-state index contributed by atoms with van der Waals surface area (Å²) >= 11 is 0. The summed E-state index contributed by atoms with van der Waals surface area (Å²) in [7, 11) is 0. The molecule has 0 radical (unpaired) electrons. The van der Waals surface area contributed by atoms with Crippen LogP contribution in [-0.2, 0) is 11.3 Å². The first kappa shape index (κ1) is 17.0. The average molecular weight is 342 g/mol. The van der Waals surface area contributed by atoms with Crippen molar-refractivity contribution < 1.29 is 19.1 Å². The molecule has 1 unspecified atom stereocenters. The van der Waals surface area contributed by atoms with E-state index >= 15 is 0 Å². The van der Waals surface area contributed by atoms with Crippen LogP contribution >= 0.6 is 0 Å². The topological polar surface area (TPSA) is 69.6 Å². The number of likely N-dealkylation sites (tertiary alicyclic amines) is 1. The Morgan fingerprint density at radius 1 is 1.24 bits per heavy atom. The van der Waals surface area contributed by atoms with Gasteiger partial charge in [-0.3, -0.25) is 9.59 Å². The number of aromatic hydroxyl groups is 1. The molecule has 3 rings (SSSR count). The monoisotopic (exact) mass is 342 g/mol. The Labute approximate surface area is 145 Å². The molecule has 130 valence electrons. The summed E-state index contributed by atoms with van der Waals surface area (Å²) in [6, 6.07) is 13.0. The van der Waals surface area contributed by atoms with Crippen molar-refractivity contribution in [2.24, 2.45) is 5.92 Å². The maximum Gasteiger partial charge on any atom is 0.255 e. The maximum atomic E-state index is 13.0. The fourth-order valence-corrected chi connectivity index (χ4v) is 2.98. The average Bonchev–Trinajstić information content (AvgIpc) is 2.93. The molecule has 1 fully saturated rings. The lowest BCUT2D eigenvalue weighted by Crippen LogP contribution is -2.31. The Morgan fingerprint density at radius 3 is 2.72 bits per heavy atom. The normalized spacial score (nSPS) is 16.9. The maximum absolute atomic E-state index is 13.0. The Bertz CT molecular complexity index is 779. The van der Waals surface area contributed by atoms with Crippen LogP contribution in [0.4, 0.5) is 4.39 Å². The SMILES string of the molecule is O=C(NCC1CC(=O)N(Cc2ccccc2)C1)c1ccc(F)cc1O. The molecule has 5 nitrogen and oxygen atoms in total. The number of hydrogen-bond acceptors (Lipinski definition) is 3. The lowest BCUT2D eigenvalue weighted by Gasteiger charge is -2.17. The molecule has 0 aromatic heterocycles. The molecule has 2 N–H and O–H groups in total. The molecule has 6 heteroatoms. The molecule has 1 heterocycles. The molecule has 1 aliphatic heterocycles. The van der Waals surface area contributed by atoms with Crippen LogP contribution in [0.2, 0.25) is 0 Å². The van der Waals surface area contributed by atoms with Crippen molar-refractivity contribution in [1.29, 1.82) is 0 Å². The first-order chi connectivity index (χ1) is 12.0. The fourth-order valence-electron chi connectivity index (χ4n) is 2.98. The van der Waals surface area contributed by atoms with Crippen LogP contribution in [0.3, 0.4) is 0 Å². The van der Waals surface area contributed by atoms with Gasteiger partial charge in [0.05, 0.1) is 5.56 Å². The molecular formula is C19H19FN2O3. The van der Waals surface area contributed by atoms with Gasteiger partial charge in [-0.05, 0) is 17.7 Å². The van der Waals surface area contributed by atoms with Crippen LogP contribution in [0.1, 0.15) is 22.3 Å². The minimum Gasteiger partial charge on any atom is -0.507 e. The lowest BCUT2D eigenvalue weighted by molar-refractivity contribution is -0.128.